The molecule has 0 fully saturated rings. The van der Waals surface area contributed by atoms with Gasteiger partial charge in [0, 0.05) is 0 Å². The molecular weight excluding hydrogens is 461 g/mol. The molecule has 5 nitrogen and oxygen atoms in total. The molecule has 0 saturated heterocycles. The van der Waals surface area contributed by atoms with Crippen LogP contribution in [0.1, 0.15) is 71.7 Å². The minimum atomic E-state index is -4.77. The van der Waals surface area contributed by atoms with Gasteiger partial charge < -0.3 is 14.2 Å². The Hall–Kier alpha value is -3.29. The number of ether oxygens (including phenoxy) is 3. The number of carbonyl (C=O) groups is 2. The number of allylic oxidation sites excluding steroid dienone is 2. The van der Waals surface area contributed by atoms with E-state index in [1.807, 2.05) is 12.1 Å². The lowest BCUT2D eigenvalue weighted by Crippen LogP contribution is -2.17. The molecule has 0 heterocycles. The fourth-order valence-electron chi connectivity index (χ4n) is 3.26. The number of halogens is 3. The fourth-order valence-corrected chi connectivity index (χ4v) is 3.26. The highest BCUT2D eigenvalue weighted by atomic mass is 19.4. The van der Waals surface area contributed by atoms with Crippen LogP contribution >= 0.6 is 0 Å². The van der Waals surface area contributed by atoms with Crippen LogP contribution in [0.5, 0.6) is 5.75 Å². The normalized spacial score (nSPS) is 11.4. The predicted octanol–water partition coefficient (Wildman–Crippen LogP) is 7.06. The van der Waals surface area contributed by atoms with Crippen LogP contribution in [-0.2, 0) is 15.9 Å². The van der Waals surface area contributed by atoms with Crippen molar-refractivity contribution in [2.24, 2.45) is 0 Å². The van der Waals surface area contributed by atoms with Crippen LogP contribution in [0.25, 0.3) is 0 Å². The van der Waals surface area contributed by atoms with Crippen molar-refractivity contribution in [2.45, 2.75) is 58.2 Å². The number of rotatable bonds is 14. The van der Waals surface area contributed by atoms with Crippen LogP contribution in [0.15, 0.2) is 60.7 Å². The van der Waals surface area contributed by atoms with Crippen molar-refractivity contribution in [1.82, 2.24) is 0 Å². The minimum Gasteiger partial charge on any atom is -0.462 e. The standard InChI is InChI=1S/C27H31F3O5/c1-2-33-25(31)22-14-12-21(13-15-22)11-9-7-5-3-4-6-8-10-20-34-26(32)23-16-18-24(19-17-23)35-27(28,29)30/h7,9,12-19H,2-6,8,10-11,20H2,1H3/b9-7+. The highest BCUT2D eigenvalue weighted by Gasteiger charge is 2.31. The van der Waals surface area contributed by atoms with Crippen molar-refractivity contribution in [3.8, 4) is 5.75 Å². The molecule has 0 unspecified atom stereocenters. The molecule has 0 saturated carbocycles. The van der Waals surface area contributed by atoms with Crippen LogP contribution in [0, 0.1) is 0 Å². The summed E-state index contributed by atoms with van der Waals surface area (Å²) in [6.07, 6.45) is 6.17. The predicted molar refractivity (Wildman–Crippen MR) is 126 cm³/mol. The van der Waals surface area contributed by atoms with Gasteiger partial charge in [-0.1, -0.05) is 43.5 Å². The van der Waals surface area contributed by atoms with E-state index in [1.54, 1.807) is 19.1 Å². The summed E-state index contributed by atoms with van der Waals surface area (Å²) in [4.78, 5) is 23.6. The highest BCUT2D eigenvalue weighted by Crippen LogP contribution is 2.23. The zero-order valence-electron chi connectivity index (χ0n) is 19.8. The lowest BCUT2D eigenvalue weighted by Gasteiger charge is -2.09. The van der Waals surface area contributed by atoms with E-state index in [2.05, 4.69) is 16.9 Å². The monoisotopic (exact) mass is 492 g/mol. The maximum absolute atomic E-state index is 12.2. The molecule has 0 bridgehead atoms. The first-order valence-electron chi connectivity index (χ1n) is 11.7. The summed E-state index contributed by atoms with van der Waals surface area (Å²) in [7, 11) is 0. The summed E-state index contributed by atoms with van der Waals surface area (Å²) in [5, 5.41) is 0. The van der Waals surface area contributed by atoms with Gasteiger partial charge >= 0.3 is 18.3 Å². The van der Waals surface area contributed by atoms with Gasteiger partial charge in [0.1, 0.15) is 5.75 Å². The van der Waals surface area contributed by atoms with Crippen molar-refractivity contribution in [1.29, 1.82) is 0 Å². The number of hydrogen-bond donors (Lipinski definition) is 0. The Morgan fingerprint density at radius 3 is 1.97 bits per heavy atom. The summed E-state index contributed by atoms with van der Waals surface area (Å²) >= 11 is 0. The quantitative estimate of drug-likeness (QED) is 0.161. The van der Waals surface area contributed by atoms with E-state index in [4.69, 9.17) is 9.47 Å². The van der Waals surface area contributed by atoms with Crippen LogP contribution in [0.2, 0.25) is 0 Å². The van der Waals surface area contributed by atoms with Gasteiger partial charge in [-0.05, 0) is 74.6 Å². The van der Waals surface area contributed by atoms with Gasteiger partial charge in [-0.25, -0.2) is 9.59 Å². The second kappa shape index (κ2) is 14.9. The van der Waals surface area contributed by atoms with Crippen molar-refractivity contribution >= 4 is 11.9 Å². The lowest BCUT2D eigenvalue weighted by atomic mass is 10.1. The van der Waals surface area contributed by atoms with E-state index in [9.17, 15) is 22.8 Å². The molecule has 0 amide bonds. The second-order valence-electron chi connectivity index (χ2n) is 7.86. The Morgan fingerprint density at radius 2 is 1.34 bits per heavy atom. The summed E-state index contributed by atoms with van der Waals surface area (Å²) < 4.78 is 50.4. The molecule has 0 spiro atoms. The molecule has 0 aliphatic rings. The lowest BCUT2D eigenvalue weighted by molar-refractivity contribution is -0.274. The average molecular weight is 493 g/mol. The van der Waals surface area contributed by atoms with Crippen molar-refractivity contribution < 1.29 is 37.0 Å². The number of benzene rings is 2. The van der Waals surface area contributed by atoms with Crippen LogP contribution in [0.4, 0.5) is 13.2 Å². The Bertz CT molecular complexity index is 935. The van der Waals surface area contributed by atoms with Gasteiger partial charge in [-0.15, -0.1) is 13.2 Å². The Kier molecular flexibility index (Phi) is 11.9. The van der Waals surface area contributed by atoms with Crippen LogP contribution in [-0.4, -0.2) is 31.5 Å². The number of unbranched alkanes of at least 4 members (excludes halogenated alkanes) is 5. The van der Waals surface area contributed by atoms with Crippen LogP contribution < -0.4 is 4.74 Å². The van der Waals surface area contributed by atoms with Gasteiger partial charge in [-0.2, -0.15) is 0 Å². The largest absolute Gasteiger partial charge is 0.573 e. The molecule has 0 aliphatic carbocycles. The summed E-state index contributed by atoms with van der Waals surface area (Å²) in [6, 6.07) is 12.1. The van der Waals surface area contributed by atoms with Gasteiger partial charge in [0.05, 0.1) is 24.3 Å². The highest BCUT2D eigenvalue weighted by molar-refractivity contribution is 5.89. The Labute approximate surface area is 203 Å². The van der Waals surface area contributed by atoms with Gasteiger partial charge in [0.15, 0.2) is 0 Å². The molecule has 0 atom stereocenters. The second-order valence-corrected chi connectivity index (χ2v) is 7.86. The molecule has 2 rings (SSSR count). The molecule has 2 aromatic rings. The molecule has 2 aromatic carbocycles. The summed E-state index contributed by atoms with van der Waals surface area (Å²) in [5.41, 5.74) is 1.87. The van der Waals surface area contributed by atoms with Crippen molar-refractivity contribution in [3.05, 3.63) is 77.4 Å². The third kappa shape index (κ3) is 11.6. The van der Waals surface area contributed by atoms with Crippen LogP contribution in [0.3, 0.4) is 0 Å². The summed E-state index contributed by atoms with van der Waals surface area (Å²) in [5.74, 6) is -1.25. The molecule has 35 heavy (non-hydrogen) atoms. The Morgan fingerprint density at radius 1 is 0.771 bits per heavy atom. The van der Waals surface area contributed by atoms with Gasteiger partial charge in [0.25, 0.3) is 0 Å². The zero-order chi connectivity index (χ0) is 25.5. The molecule has 0 N–H and O–H groups in total. The third-order valence-corrected chi connectivity index (χ3v) is 5.06. The summed E-state index contributed by atoms with van der Waals surface area (Å²) in [6.45, 7) is 2.42. The molecule has 0 radical (unpaired) electrons. The average Bonchev–Trinajstić information content (AvgIpc) is 2.82. The molecule has 0 aliphatic heterocycles. The number of hydrogen-bond acceptors (Lipinski definition) is 5. The number of esters is 2. The maximum Gasteiger partial charge on any atom is 0.573 e. The maximum atomic E-state index is 12.2. The van der Waals surface area contributed by atoms with Gasteiger partial charge in [0.2, 0.25) is 0 Å². The van der Waals surface area contributed by atoms with E-state index < -0.39 is 12.3 Å². The van der Waals surface area contributed by atoms with E-state index >= 15 is 0 Å². The van der Waals surface area contributed by atoms with E-state index in [1.165, 1.54) is 12.1 Å². The van der Waals surface area contributed by atoms with Crippen molar-refractivity contribution in [3.63, 3.8) is 0 Å². The fraction of sp³-hybridized carbons (Fsp3) is 0.407. The molecule has 0 aromatic heterocycles. The SMILES string of the molecule is CCOC(=O)c1ccc(C/C=C/CCCCCCCOC(=O)c2ccc(OC(F)(F)F)cc2)cc1. The molecule has 190 valence electrons. The Balaban J connectivity index is 1.50. The van der Waals surface area contributed by atoms with Gasteiger partial charge in [-0.3, -0.25) is 0 Å². The zero-order valence-corrected chi connectivity index (χ0v) is 19.8. The smallest absolute Gasteiger partial charge is 0.462 e. The van der Waals surface area contributed by atoms with Crippen molar-refractivity contribution in [2.75, 3.05) is 13.2 Å². The first kappa shape index (κ1) is 28.0. The molecule has 8 heteroatoms. The number of carbonyl (C=O) groups excluding carboxylic acids is 2. The third-order valence-electron chi connectivity index (χ3n) is 5.06. The minimum absolute atomic E-state index is 0.182. The first-order valence-corrected chi connectivity index (χ1v) is 11.7. The topological polar surface area (TPSA) is 61.8 Å². The number of alkyl halides is 3. The molecular formula is C27H31F3O5. The van der Waals surface area contributed by atoms with E-state index in [-0.39, 0.29) is 23.9 Å². The first-order chi connectivity index (χ1) is 16.8. The van der Waals surface area contributed by atoms with E-state index in [0.29, 0.717) is 12.2 Å². The van der Waals surface area contributed by atoms with E-state index in [0.717, 1.165) is 62.6 Å².